The molecule has 2 heterocycles. The highest BCUT2D eigenvalue weighted by molar-refractivity contribution is 7.89. The van der Waals surface area contributed by atoms with E-state index in [1.54, 1.807) is 4.90 Å². The van der Waals surface area contributed by atoms with Crippen molar-refractivity contribution in [2.45, 2.75) is 37.7 Å². The molecule has 9 heteroatoms. The molecule has 0 radical (unpaired) electrons. The first-order chi connectivity index (χ1) is 13.3. The van der Waals surface area contributed by atoms with Gasteiger partial charge < -0.3 is 10.0 Å². The van der Waals surface area contributed by atoms with Crippen molar-refractivity contribution in [1.29, 1.82) is 0 Å². The summed E-state index contributed by atoms with van der Waals surface area (Å²) >= 11 is 0. The highest BCUT2D eigenvalue weighted by Gasteiger charge is 2.34. The molecule has 0 aliphatic carbocycles. The van der Waals surface area contributed by atoms with E-state index in [-0.39, 0.29) is 23.3 Å². The number of carbonyl (C=O) groups excluding carboxylic acids is 1. The van der Waals surface area contributed by atoms with Crippen LogP contribution in [0.2, 0.25) is 0 Å². The number of aromatic nitrogens is 2. The SMILES string of the molecule is CCCNS(=O)(=O)c1ccc(C(=O)N2C[C@@H](Cc3cc(C)[nH]n3)[C@@H](O)C2)cc1. The predicted molar refractivity (Wildman–Crippen MR) is 104 cm³/mol. The summed E-state index contributed by atoms with van der Waals surface area (Å²) in [5.74, 6) is -0.297. The van der Waals surface area contributed by atoms with Crippen LogP contribution in [-0.4, -0.2) is 60.3 Å². The lowest BCUT2D eigenvalue weighted by molar-refractivity contribution is 0.0764. The Morgan fingerprint density at radius 2 is 2.04 bits per heavy atom. The summed E-state index contributed by atoms with van der Waals surface area (Å²) in [5.41, 5.74) is 2.22. The molecule has 3 N–H and O–H groups in total. The van der Waals surface area contributed by atoms with Crippen LogP contribution in [0.5, 0.6) is 0 Å². The van der Waals surface area contributed by atoms with Crippen LogP contribution in [0.1, 0.15) is 35.1 Å². The van der Waals surface area contributed by atoms with Gasteiger partial charge in [0.2, 0.25) is 10.0 Å². The molecule has 0 spiro atoms. The second-order valence-electron chi connectivity index (χ2n) is 7.21. The molecule has 152 valence electrons. The maximum atomic E-state index is 12.8. The van der Waals surface area contributed by atoms with Gasteiger partial charge in [0.15, 0.2) is 0 Å². The van der Waals surface area contributed by atoms with Gasteiger partial charge in [-0.05, 0) is 50.1 Å². The summed E-state index contributed by atoms with van der Waals surface area (Å²) in [6.07, 6.45) is 0.681. The molecule has 2 atom stereocenters. The molecule has 1 fully saturated rings. The molecule has 2 aromatic rings. The van der Waals surface area contributed by atoms with Gasteiger partial charge >= 0.3 is 0 Å². The number of nitrogens with zero attached hydrogens (tertiary/aromatic N) is 2. The third-order valence-electron chi connectivity index (χ3n) is 4.88. The number of aryl methyl sites for hydroxylation is 1. The molecule has 0 unspecified atom stereocenters. The number of likely N-dealkylation sites (tertiary alicyclic amines) is 1. The fraction of sp³-hybridized carbons (Fsp3) is 0.474. The molecule has 1 aromatic heterocycles. The first-order valence-electron chi connectivity index (χ1n) is 9.38. The zero-order valence-corrected chi connectivity index (χ0v) is 16.9. The molecule has 3 rings (SSSR count). The van der Waals surface area contributed by atoms with E-state index >= 15 is 0 Å². The highest BCUT2D eigenvalue weighted by atomic mass is 32.2. The highest BCUT2D eigenvalue weighted by Crippen LogP contribution is 2.23. The van der Waals surface area contributed by atoms with Gasteiger partial charge in [0.1, 0.15) is 0 Å². The summed E-state index contributed by atoms with van der Waals surface area (Å²) in [6, 6.07) is 7.83. The molecule has 1 saturated heterocycles. The van der Waals surface area contributed by atoms with E-state index in [2.05, 4.69) is 14.9 Å². The normalized spacial score (nSPS) is 19.9. The van der Waals surface area contributed by atoms with Gasteiger partial charge in [-0.2, -0.15) is 5.10 Å². The van der Waals surface area contributed by atoms with Crippen LogP contribution >= 0.6 is 0 Å². The van der Waals surface area contributed by atoms with Crippen molar-refractivity contribution < 1.29 is 18.3 Å². The van der Waals surface area contributed by atoms with Crippen molar-refractivity contribution in [3.05, 3.63) is 47.3 Å². The van der Waals surface area contributed by atoms with Gasteiger partial charge in [-0.25, -0.2) is 13.1 Å². The summed E-state index contributed by atoms with van der Waals surface area (Å²) in [6.45, 7) is 4.86. The molecule has 0 saturated carbocycles. The van der Waals surface area contributed by atoms with Gasteiger partial charge in [0.05, 0.1) is 16.7 Å². The van der Waals surface area contributed by atoms with Gasteiger partial charge in [0, 0.05) is 36.8 Å². The minimum absolute atomic E-state index is 0.0791. The van der Waals surface area contributed by atoms with Crippen LogP contribution in [0.15, 0.2) is 35.2 Å². The zero-order valence-electron chi connectivity index (χ0n) is 16.1. The Morgan fingerprint density at radius 1 is 1.32 bits per heavy atom. The Balaban J connectivity index is 1.65. The van der Waals surface area contributed by atoms with Crippen LogP contribution < -0.4 is 4.72 Å². The van der Waals surface area contributed by atoms with Crippen molar-refractivity contribution >= 4 is 15.9 Å². The van der Waals surface area contributed by atoms with Gasteiger partial charge in [-0.15, -0.1) is 0 Å². The molecule has 1 amide bonds. The number of nitrogens with one attached hydrogen (secondary N) is 2. The molecule has 8 nitrogen and oxygen atoms in total. The lowest BCUT2D eigenvalue weighted by Gasteiger charge is -2.16. The summed E-state index contributed by atoms with van der Waals surface area (Å²) in [5, 5.41) is 17.4. The summed E-state index contributed by atoms with van der Waals surface area (Å²) in [4.78, 5) is 14.5. The number of H-pyrrole nitrogens is 1. The first kappa shape index (κ1) is 20.5. The molecular formula is C19H26N4O4S. The third-order valence-corrected chi connectivity index (χ3v) is 6.35. The first-order valence-corrected chi connectivity index (χ1v) is 10.9. The number of hydrogen-bond acceptors (Lipinski definition) is 5. The maximum absolute atomic E-state index is 12.8. The van der Waals surface area contributed by atoms with E-state index in [4.69, 9.17) is 0 Å². The maximum Gasteiger partial charge on any atom is 0.253 e. The van der Waals surface area contributed by atoms with Crippen LogP contribution in [-0.2, 0) is 16.4 Å². The van der Waals surface area contributed by atoms with Crippen LogP contribution in [0.25, 0.3) is 0 Å². The lowest BCUT2D eigenvalue weighted by atomic mass is 10.0. The van der Waals surface area contributed by atoms with Gasteiger partial charge in [0.25, 0.3) is 5.91 Å². The Hall–Kier alpha value is -2.23. The fourth-order valence-electron chi connectivity index (χ4n) is 3.35. The summed E-state index contributed by atoms with van der Waals surface area (Å²) in [7, 11) is -3.56. The van der Waals surface area contributed by atoms with Gasteiger partial charge in [-0.3, -0.25) is 9.89 Å². The number of amides is 1. The monoisotopic (exact) mass is 406 g/mol. The standard InChI is InChI=1S/C19H26N4O4S/c1-3-8-20-28(26,27)17-6-4-14(5-7-17)19(25)23-11-15(18(24)12-23)10-16-9-13(2)21-22-16/h4-7,9,15,18,20,24H,3,8,10-12H2,1-2H3,(H,21,22)/t15-,18+/m1/s1. The minimum Gasteiger partial charge on any atom is -0.391 e. The molecular weight excluding hydrogens is 380 g/mol. The van der Waals surface area contributed by atoms with E-state index in [1.165, 1.54) is 24.3 Å². The van der Waals surface area contributed by atoms with E-state index in [0.29, 0.717) is 31.5 Å². The fourth-order valence-corrected chi connectivity index (χ4v) is 4.48. The van der Waals surface area contributed by atoms with Crippen molar-refractivity contribution in [3.8, 4) is 0 Å². The Morgan fingerprint density at radius 3 is 2.64 bits per heavy atom. The quantitative estimate of drug-likeness (QED) is 0.636. The van der Waals surface area contributed by atoms with E-state index in [0.717, 1.165) is 11.4 Å². The number of benzene rings is 1. The van der Waals surface area contributed by atoms with Crippen molar-refractivity contribution in [2.24, 2.45) is 5.92 Å². The van der Waals surface area contributed by atoms with Crippen molar-refractivity contribution in [1.82, 2.24) is 19.8 Å². The Bertz CT molecular complexity index is 924. The molecule has 1 aliphatic heterocycles. The number of aromatic amines is 1. The third kappa shape index (κ3) is 4.60. The second kappa shape index (κ2) is 8.42. The topological polar surface area (TPSA) is 115 Å². The summed E-state index contributed by atoms with van der Waals surface area (Å²) < 4.78 is 26.8. The molecule has 0 bridgehead atoms. The lowest BCUT2D eigenvalue weighted by Crippen LogP contribution is -2.29. The van der Waals surface area contributed by atoms with Crippen molar-refractivity contribution in [3.63, 3.8) is 0 Å². The average Bonchev–Trinajstić information content (AvgIpc) is 3.25. The largest absolute Gasteiger partial charge is 0.391 e. The number of aliphatic hydroxyl groups is 1. The van der Waals surface area contributed by atoms with Gasteiger partial charge in [-0.1, -0.05) is 6.92 Å². The number of hydrogen-bond donors (Lipinski definition) is 3. The van der Waals surface area contributed by atoms with Crippen molar-refractivity contribution in [2.75, 3.05) is 19.6 Å². The predicted octanol–water partition coefficient (Wildman–Crippen LogP) is 1.08. The average molecular weight is 407 g/mol. The number of rotatable bonds is 7. The molecule has 28 heavy (non-hydrogen) atoms. The molecule has 1 aliphatic rings. The minimum atomic E-state index is -3.56. The zero-order chi connectivity index (χ0) is 20.3. The van der Waals surface area contributed by atoms with E-state index < -0.39 is 16.1 Å². The van der Waals surface area contributed by atoms with Crippen LogP contribution in [0, 0.1) is 12.8 Å². The number of β-amino-alcohol motifs (C(OH)–C–C–N with tert-alkyl or cyclic N) is 1. The molecule has 1 aromatic carbocycles. The Kier molecular flexibility index (Phi) is 6.17. The smallest absolute Gasteiger partial charge is 0.253 e. The second-order valence-corrected chi connectivity index (χ2v) is 8.97. The van der Waals surface area contributed by atoms with E-state index in [1.807, 2.05) is 19.9 Å². The Labute approximate surface area is 165 Å². The van der Waals surface area contributed by atoms with Crippen LogP contribution in [0.4, 0.5) is 0 Å². The number of sulfonamides is 1. The number of aliphatic hydroxyl groups excluding tert-OH is 1. The van der Waals surface area contributed by atoms with E-state index in [9.17, 15) is 18.3 Å². The number of carbonyl (C=O) groups is 1. The van der Waals surface area contributed by atoms with Crippen LogP contribution in [0.3, 0.4) is 0 Å².